The second kappa shape index (κ2) is 5.90. The Balaban J connectivity index is 1.91. The summed E-state index contributed by atoms with van der Waals surface area (Å²) < 4.78 is 2.03. The molecule has 0 saturated carbocycles. The molecule has 0 spiro atoms. The summed E-state index contributed by atoms with van der Waals surface area (Å²) in [4.78, 5) is 31.4. The van der Waals surface area contributed by atoms with Crippen molar-refractivity contribution < 1.29 is 4.79 Å². The monoisotopic (exact) mass is 333 g/mol. The number of aromatic nitrogens is 2. The van der Waals surface area contributed by atoms with Gasteiger partial charge in [-0.25, -0.2) is 4.98 Å². The van der Waals surface area contributed by atoms with Crippen LogP contribution in [0.4, 0.5) is 0 Å². The fourth-order valence-electron chi connectivity index (χ4n) is 2.12. The quantitative estimate of drug-likeness (QED) is 0.740. The molecule has 0 aliphatic rings. The Labute approximate surface area is 135 Å². The first-order valence-electron chi connectivity index (χ1n) is 6.52. The second-order valence-corrected chi connectivity index (χ2v) is 6.57. The molecular formula is C15H12ClN3O2S. The van der Waals surface area contributed by atoms with Gasteiger partial charge in [0.15, 0.2) is 0 Å². The predicted molar refractivity (Wildman–Crippen MR) is 86.6 cm³/mol. The normalized spacial score (nSPS) is 10.8. The first-order chi connectivity index (χ1) is 10.6. The lowest BCUT2D eigenvalue weighted by atomic mass is 10.2. The van der Waals surface area contributed by atoms with Crippen LogP contribution in [0.15, 0.2) is 47.5 Å². The average Bonchev–Trinajstić information content (AvgIpc) is 2.92. The number of halogens is 1. The molecular weight excluding hydrogens is 322 g/mol. The van der Waals surface area contributed by atoms with Crippen LogP contribution in [-0.4, -0.2) is 27.2 Å². The number of nitrogens with zero attached hydrogens (tertiary/aromatic N) is 3. The molecule has 0 bridgehead atoms. The Morgan fingerprint density at radius 1 is 1.36 bits per heavy atom. The number of carbonyl (C=O) groups excluding carboxylic acids is 1. The minimum absolute atomic E-state index is 0.0499. The van der Waals surface area contributed by atoms with E-state index < -0.39 is 0 Å². The molecule has 22 heavy (non-hydrogen) atoms. The Kier molecular flexibility index (Phi) is 3.96. The van der Waals surface area contributed by atoms with Crippen molar-refractivity contribution in [2.45, 2.75) is 6.54 Å². The molecule has 3 rings (SSSR count). The van der Waals surface area contributed by atoms with E-state index >= 15 is 0 Å². The van der Waals surface area contributed by atoms with Crippen LogP contribution in [-0.2, 0) is 6.54 Å². The van der Waals surface area contributed by atoms with E-state index in [2.05, 4.69) is 4.98 Å². The molecule has 0 radical (unpaired) electrons. The van der Waals surface area contributed by atoms with Crippen molar-refractivity contribution in [1.82, 2.24) is 14.3 Å². The summed E-state index contributed by atoms with van der Waals surface area (Å²) in [6.45, 7) is 0.396. The zero-order valence-corrected chi connectivity index (χ0v) is 13.3. The van der Waals surface area contributed by atoms with Gasteiger partial charge in [0.2, 0.25) is 0 Å². The Morgan fingerprint density at radius 2 is 2.18 bits per heavy atom. The van der Waals surface area contributed by atoms with Crippen LogP contribution in [0.1, 0.15) is 15.2 Å². The highest BCUT2D eigenvalue weighted by molar-refractivity contribution is 7.16. The van der Waals surface area contributed by atoms with Gasteiger partial charge in [0.1, 0.15) is 11.2 Å². The number of amides is 1. The van der Waals surface area contributed by atoms with Crippen molar-refractivity contribution in [2.75, 3.05) is 7.05 Å². The molecule has 5 nitrogen and oxygen atoms in total. The van der Waals surface area contributed by atoms with Gasteiger partial charge in [-0.2, -0.15) is 0 Å². The van der Waals surface area contributed by atoms with E-state index in [1.165, 1.54) is 26.8 Å². The number of hydrogen-bond acceptors (Lipinski definition) is 4. The van der Waals surface area contributed by atoms with Crippen LogP contribution in [0, 0.1) is 0 Å². The number of hydrogen-bond donors (Lipinski definition) is 0. The first kappa shape index (κ1) is 14.7. The third-order valence-electron chi connectivity index (χ3n) is 3.21. The third kappa shape index (κ3) is 2.75. The van der Waals surface area contributed by atoms with Gasteiger partial charge in [-0.05, 0) is 24.3 Å². The van der Waals surface area contributed by atoms with Crippen LogP contribution >= 0.6 is 22.9 Å². The van der Waals surface area contributed by atoms with Gasteiger partial charge in [-0.1, -0.05) is 17.7 Å². The number of fused-ring (bicyclic) bond motifs is 1. The molecule has 0 aliphatic heterocycles. The predicted octanol–water partition coefficient (Wildman–Crippen LogP) is 2.68. The summed E-state index contributed by atoms with van der Waals surface area (Å²) in [5.74, 6) is -0.361. The molecule has 0 fully saturated rings. The van der Waals surface area contributed by atoms with Gasteiger partial charge >= 0.3 is 0 Å². The molecule has 0 aliphatic carbocycles. The maximum Gasteiger partial charge on any atom is 0.270 e. The van der Waals surface area contributed by atoms with E-state index in [1.54, 1.807) is 37.5 Å². The van der Waals surface area contributed by atoms with Gasteiger partial charge in [-0.3, -0.25) is 14.0 Å². The maximum atomic E-state index is 12.5. The van der Waals surface area contributed by atoms with Crippen molar-refractivity contribution in [3.8, 4) is 0 Å². The van der Waals surface area contributed by atoms with E-state index in [0.29, 0.717) is 16.5 Å². The van der Waals surface area contributed by atoms with Crippen LogP contribution in [0.5, 0.6) is 0 Å². The van der Waals surface area contributed by atoms with Crippen molar-refractivity contribution in [1.29, 1.82) is 0 Å². The highest BCUT2D eigenvalue weighted by atomic mass is 35.5. The van der Waals surface area contributed by atoms with Crippen molar-refractivity contribution in [3.63, 3.8) is 0 Å². The lowest BCUT2D eigenvalue weighted by molar-refractivity contribution is 0.0784. The van der Waals surface area contributed by atoms with Gasteiger partial charge < -0.3 is 4.90 Å². The van der Waals surface area contributed by atoms with Crippen LogP contribution in [0.3, 0.4) is 0 Å². The number of carbonyl (C=O) groups is 1. The molecule has 3 aromatic rings. The number of rotatable bonds is 3. The molecule has 3 heterocycles. The summed E-state index contributed by atoms with van der Waals surface area (Å²) in [6, 6.07) is 8.87. The Bertz CT molecular complexity index is 903. The molecule has 0 saturated heterocycles. The zero-order chi connectivity index (χ0) is 15.7. The molecule has 0 N–H and O–H groups in total. The maximum absolute atomic E-state index is 12.5. The summed E-state index contributed by atoms with van der Waals surface area (Å²) in [6.07, 6.45) is 2.93. The highest BCUT2D eigenvalue weighted by Crippen LogP contribution is 2.22. The van der Waals surface area contributed by atoms with E-state index in [-0.39, 0.29) is 17.0 Å². The van der Waals surface area contributed by atoms with Crippen LogP contribution < -0.4 is 5.56 Å². The SMILES string of the molecule is CN(Cc1ccc(Cl)s1)C(=O)c1cnc2ccccn2c1=O. The minimum Gasteiger partial charge on any atom is -0.336 e. The van der Waals surface area contributed by atoms with Gasteiger partial charge in [0, 0.05) is 24.3 Å². The fourth-order valence-corrected chi connectivity index (χ4v) is 3.26. The van der Waals surface area contributed by atoms with E-state index in [9.17, 15) is 9.59 Å². The second-order valence-electron chi connectivity index (χ2n) is 4.77. The standard InChI is InChI=1S/C15H12ClN3O2S/c1-18(9-10-5-6-12(16)22-10)14(20)11-8-17-13-4-2-3-7-19(13)15(11)21/h2-8H,9H2,1H3. The van der Waals surface area contributed by atoms with Crippen LogP contribution in [0.2, 0.25) is 4.34 Å². The summed E-state index contributed by atoms with van der Waals surface area (Å²) in [5.41, 5.74) is 0.192. The smallest absolute Gasteiger partial charge is 0.270 e. The molecule has 3 aromatic heterocycles. The molecule has 0 atom stereocenters. The zero-order valence-electron chi connectivity index (χ0n) is 11.7. The van der Waals surface area contributed by atoms with Gasteiger partial charge in [0.05, 0.1) is 10.9 Å². The third-order valence-corrected chi connectivity index (χ3v) is 4.43. The molecule has 112 valence electrons. The fraction of sp³-hybridized carbons (Fsp3) is 0.133. The topological polar surface area (TPSA) is 54.7 Å². The largest absolute Gasteiger partial charge is 0.336 e. The number of pyridine rings is 1. The summed E-state index contributed by atoms with van der Waals surface area (Å²) >= 11 is 7.29. The lowest BCUT2D eigenvalue weighted by Gasteiger charge is -2.15. The van der Waals surface area contributed by atoms with E-state index in [0.717, 1.165) is 4.88 Å². The van der Waals surface area contributed by atoms with Crippen LogP contribution in [0.25, 0.3) is 5.65 Å². The molecule has 1 amide bonds. The molecule has 0 aromatic carbocycles. The molecule has 0 unspecified atom stereocenters. The lowest BCUT2D eigenvalue weighted by Crippen LogP contribution is -2.32. The summed E-state index contributed by atoms with van der Waals surface area (Å²) in [7, 11) is 1.65. The number of thiophene rings is 1. The average molecular weight is 334 g/mol. The Morgan fingerprint density at radius 3 is 2.91 bits per heavy atom. The van der Waals surface area contributed by atoms with Crippen molar-refractivity contribution >= 4 is 34.5 Å². The van der Waals surface area contributed by atoms with Crippen molar-refractivity contribution in [3.05, 3.63) is 67.9 Å². The van der Waals surface area contributed by atoms with Crippen molar-refractivity contribution in [2.24, 2.45) is 0 Å². The van der Waals surface area contributed by atoms with E-state index in [4.69, 9.17) is 11.6 Å². The van der Waals surface area contributed by atoms with E-state index in [1.807, 2.05) is 6.07 Å². The summed E-state index contributed by atoms with van der Waals surface area (Å²) in [5, 5.41) is 0. The highest BCUT2D eigenvalue weighted by Gasteiger charge is 2.18. The van der Waals surface area contributed by atoms with Gasteiger partial charge in [0.25, 0.3) is 11.5 Å². The molecule has 7 heteroatoms. The minimum atomic E-state index is -0.369. The Hall–Kier alpha value is -2.18. The first-order valence-corrected chi connectivity index (χ1v) is 7.72. The van der Waals surface area contributed by atoms with Gasteiger partial charge in [-0.15, -0.1) is 11.3 Å².